The lowest BCUT2D eigenvalue weighted by atomic mass is 10.0. The molecule has 0 saturated carbocycles. The van der Waals surface area contributed by atoms with Gasteiger partial charge in [-0.05, 0) is 48.9 Å². The molecule has 138 valence electrons. The average Bonchev–Trinajstić information content (AvgIpc) is 2.99. The first kappa shape index (κ1) is 17.3. The summed E-state index contributed by atoms with van der Waals surface area (Å²) in [4.78, 5) is 28.7. The molecule has 0 spiro atoms. The summed E-state index contributed by atoms with van der Waals surface area (Å²) in [7, 11) is 1.59. The largest absolute Gasteiger partial charge is 0.497 e. The van der Waals surface area contributed by atoms with Gasteiger partial charge in [-0.3, -0.25) is 9.59 Å². The molecular weight excluding hydrogens is 342 g/mol. The third-order valence-corrected chi connectivity index (χ3v) is 4.91. The zero-order chi connectivity index (χ0) is 18.8. The molecule has 1 unspecified atom stereocenters. The van der Waals surface area contributed by atoms with Gasteiger partial charge in [0.2, 0.25) is 5.91 Å². The summed E-state index contributed by atoms with van der Waals surface area (Å²) in [6.07, 6.45) is 0.835. The number of hydrogen-bond donors (Lipinski definition) is 3. The van der Waals surface area contributed by atoms with Gasteiger partial charge in [0, 0.05) is 23.0 Å². The van der Waals surface area contributed by atoms with Gasteiger partial charge in [-0.2, -0.15) is 0 Å². The second kappa shape index (κ2) is 7.25. The van der Waals surface area contributed by atoms with Crippen LogP contribution < -0.4 is 15.4 Å². The van der Waals surface area contributed by atoms with Crippen molar-refractivity contribution < 1.29 is 14.3 Å². The van der Waals surface area contributed by atoms with Crippen LogP contribution in [0.2, 0.25) is 0 Å². The summed E-state index contributed by atoms with van der Waals surface area (Å²) in [5.41, 5.74) is 3.27. The van der Waals surface area contributed by atoms with E-state index in [9.17, 15) is 9.59 Å². The summed E-state index contributed by atoms with van der Waals surface area (Å²) < 4.78 is 5.11. The Hall–Kier alpha value is -3.12. The summed E-state index contributed by atoms with van der Waals surface area (Å²) >= 11 is 0. The highest BCUT2D eigenvalue weighted by Gasteiger charge is 2.29. The van der Waals surface area contributed by atoms with E-state index in [-0.39, 0.29) is 18.1 Å². The van der Waals surface area contributed by atoms with E-state index in [1.165, 1.54) is 0 Å². The number of carbonyl (C=O) groups excluding carboxylic acids is 2. The molecule has 3 N–H and O–H groups in total. The number of Topliss-reactive ketones (excluding diaryl/α,β-unsaturated/α-hetero) is 1. The van der Waals surface area contributed by atoms with Gasteiger partial charge >= 0.3 is 0 Å². The van der Waals surface area contributed by atoms with Gasteiger partial charge in [0.15, 0.2) is 5.78 Å². The normalized spacial score (nSPS) is 16.6. The van der Waals surface area contributed by atoms with Crippen LogP contribution in [-0.4, -0.2) is 36.4 Å². The quantitative estimate of drug-likeness (QED) is 0.666. The summed E-state index contributed by atoms with van der Waals surface area (Å²) in [6.45, 7) is 0.654. The van der Waals surface area contributed by atoms with Gasteiger partial charge in [0.25, 0.3) is 0 Å². The first-order valence-electron chi connectivity index (χ1n) is 8.97. The molecule has 3 aromatic rings. The second-order valence-corrected chi connectivity index (χ2v) is 6.63. The number of carbonyl (C=O) groups is 2. The first-order chi connectivity index (χ1) is 13.2. The highest BCUT2D eigenvalue weighted by atomic mass is 16.5. The molecule has 2 aromatic carbocycles. The molecule has 1 aliphatic rings. The number of hydrogen-bond acceptors (Lipinski definition) is 4. The van der Waals surface area contributed by atoms with E-state index < -0.39 is 6.04 Å². The van der Waals surface area contributed by atoms with E-state index in [4.69, 9.17) is 4.74 Å². The van der Waals surface area contributed by atoms with E-state index in [0.717, 1.165) is 28.6 Å². The van der Waals surface area contributed by atoms with E-state index in [1.54, 1.807) is 31.4 Å². The number of para-hydroxylation sites is 1. The molecule has 1 atom stereocenters. The van der Waals surface area contributed by atoms with Gasteiger partial charge < -0.3 is 20.4 Å². The van der Waals surface area contributed by atoms with Crippen LogP contribution >= 0.6 is 0 Å². The fourth-order valence-electron chi connectivity index (χ4n) is 3.54. The summed E-state index contributed by atoms with van der Waals surface area (Å²) in [5, 5.41) is 7.12. The SMILES string of the molecule is COc1ccc(NC(=O)CC2NCCc3c([nH]c4ccccc34)C2=O)cc1. The summed E-state index contributed by atoms with van der Waals surface area (Å²) in [5.74, 6) is 0.453. The second-order valence-electron chi connectivity index (χ2n) is 6.63. The van der Waals surface area contributed by atoms with Crippen LogP contribution in [0.5, 0.6) is 5.75 Å². The molecule has 0 saturated heterocycles. The third kappa shape index (κ3) is 3.44. The van der Waals surface area contributed by atoms with Crippen molar-refractivity contribution in [2.45, 2.75) is 18.9 Å². The Balaban J connectivity index is 1.50. The Morgan fingerprint density at radius 3 is 2.74 bits per heavy atom. The van der Waals surface area contributed by atoms with Crippen LogP contribution in [0.25, 0.3) is 10.9 Å². The number of fused-ring (bicyclic) bond motifs is 3. The molecule has 1 aliphatic heterocycles. The van der Waals surface area contributed by atoms with Crippen LogP contribution in [0.1, 0.15) is 22.5 Å². The van der Waals surface area contributed by atoms with E-state index in [0.29, 0.717) is 17.9 Å². The number of anilines is 1. The molecule has 1 amide bonds. The fourth-order valence-corrected chi connectivity index (χ4v) is 3.54. The van der Waals surface area contributed by atoms with Gasteiger partial charge in [-0.1, -0.05) is 18.2 Å². The zero-order valence-electron chi connectivity index (χ0n) is 15.0. The highest BCUT2D eigenvalue weighted by molar-refractivity contribution is 6.07. The smallest absolute Gasteiger partial charge is 0.226 e. The van der Waals surface area contributed by atoms with Crippen molar-refractivity contribution in [2.75, 3.05) is 19.0 Å². The van der Waals surface area contributed by atoms with Crippen molar-refractivity contribution >= 4 is 28.3 Å². The molecule has 4 rings (SSSR count). The number of H-pyrrole nitrogens is 1. The van der Waals surface area contributed by atoms with Gasteiger partial charge in [-0.25, -0.2) is 0 Å². The minimum atomic E-state index is -0.544. The maximum atomic E-state index is 13.0. The van der Waals surface area contributed by atoms with Crippen molar-refractivity contribution in [3.63, 3.8) is 0 Å². The molecule has 0 fully saturated rings. The van der Waals surface area contributed by atoms with Gasteiger partial charge in [0.05, 0.1) is 18.8 Å². The maximum Gasteiger partial charge on any atom is 0.226 e. The number of aromatic amines is 1. The predicted molar refractivity (Wildman–Crippen MR) is 104 cm³/mol. The Morgan fingerprint density at radius 1 is 1.19 bits per heavy atom. The monoisotopic (exact) mass is 363 g/mol. The lowest BCUT2D eigenvalue weighted by molar-refractivity contribution is -0.116. The Bertz CT molecular complexity index is 992. The number of methoxy groups -OCH3 is 1. The van der Waals surface area contributed by atoms with E-state index in [2.05, 4.69) is 15.6 Å². The van der Waals surface area contributed by atoms with Crippen molar-refractivity contribution in [1.29, 1.82) is 0 Å². The van der Waals surface area contributed by atoms with Crippen molar-refractivity contribution in [3.8, 4) is 5.75 Å². The zero-order valence-corrected chi connectivity index (χ0v) is 15.0. The minimum absolute atomic E-state index is 0.0661. The molecular formula is C21H21N3O3. The topological polar surface area (TPSA) is 83.2 Å². The number of benzene rings is 2. The fraction of sp³-hybridized carbons (Fsp3) is 0.238. The van der Waals surface area contributed by atoms with E-state index >= 15 is 0 Å². The number of nitrogens with one attached hydrogen (secondary N) is 3. The molecule has 6 heteroatoms. The van der Waals surface area contributed by atoms with Crippen LogP contribution in [0.15, 0.2) is 48.5 Å². The molecule has 6 nitrogen and oxygen atoms in total. The number of ether oxygens (including phenoxy) is 1. The lowest BCUT2D eigenvalue weighted by Gasteiger charge is -2.14. The number of amides is 1. The third-order valence-electron chi connectivity index (χ3n) is 4.91. The Labute approximate surface area is 156 Å². The Kier molecular flexibility index (Phi) is 4.64. The van der Waals surface area contributed by atoms with Crippen molar-refractivity contribution in [3.05, 3.63) is 59.8 Å². The van der Waals surface area contributed by atoms with Crippen molar-refractivity contribution in [1.82, 2.24) is 10.3 Å². The number of aromatic nitrogens is 1. The number of ketones is 1. The van der Waals surface area contributed by atoms with E-state index in [1.807, 2.05) is 24.3 Å². The predicted octanol–water partition coefficient (Wildman–Crippen LogP) is 2.90. The molecule has 0 bridgehead atoms. The van der Waals surface area contributed by atoms with Crippen LogP contribution in [0.3, 0.4) is 0 Å². The molecule has 1 aromatic heterocycles. The molecule has 0 aliphatic carbocycles. The molecule has 2 heterocycles. The first-order valence-corrected chi connectivity index (χ1v) is 8.97. The molecule has 0 radical (unpaired) electrons. The highest BCUT2D eigenvalue weighted by Crippen LogP contribution is 2.26. The van der Waals surface area contributed by atoms with Gasteiger partial charge in [-0.15, -0.1) is 0 Å². The van der Waals surface area contributed by atoms with Crippen LogP contribution in [0, 0.1) is 0 Å². The Morgan fingerprint density at radius 2 is 1.96 bits per heavy atom. The average molecular weight is 363 g/mol. The lowest BCUT2D eigenvalue weighted by Crippen LogP contribution is -2.39. The number of rotatable bonds is 4. The van der Waals surface area contributed by atoms with Gasteiger partial charge in [0.1, 0.15) is 5.75 Å². The maximum absolute atomic E-state index is 13.0. The minimum Gasteiger partial charge on any atom is -0.497 e. The van der Waals surface area contributed by atoms with Crippen LogP contribution in [0.4, 0.5) is 5.69 Å². The molecule has 27 heavy (non-hydrogen) atoms. The standard InChI is InChI=1S/C21H21N3O3/c1-27-14-8-6-13(7-9-14)23-19(25)12-18-21(26)20-16(10-11-22-18)15-4-2-3-5-17(15)24-20/h2-9,18,22,24H,10-12H2,1H3,(H,23,25). The van der Waals surface area contributed by atoms with Crippen molar-refractivity contribution in [2.24, 2.45) is 0 Å². The van der Waals surface area contributed by atoms with Crippen LogP contribution in [-0.2, 0) is 11.2 Å². The summed E-state index contributed by atoms with van der Waals surface area (Å²) in [6, 6.07) is 14.5.